The van der Waals surface area contributed by atoms with Gasteiger partial charge in [0.1, 0.15) is 5.69 Å². The van der Waals surface area contributed by atoms with Crippen LogP contribution in [0.25, 0.3) is 0 Å². The van der Waals surface area contributed by atoms with Gasteiger partial charge in [0.15, 0.2) is 0 Å². The Hall–Kier alpha value is -2.73. The third-order valence-corrected chi connectivity index (χ3v) is 6.34. The molecule has 1 aromatic carbocycles. The molecule has 33 heavy (non-hydrogen) atoms. The average Bonchev–Trinajstić information content (AvgIpc) is 3.23. The number of halogens is 6. The summed E-state index contributed by atoms with van der Waals surface area (Å²) in [6.45, 7) is -0.399. The van der Waals surface area contributed by atoms with Crippen molar-refractivity contribution in [2.24, 2.45) is 11.8 Å². The highest BCUT2D eigenvalue weighted by molar-refractivity contribution is 6.02. The molecular weight excluding hydrogens is 458 g/mol. The minimum Gasteiger partial charge on any atom is -0.383 e. The van der Waals surface area contributed by atoms with E-state index in [0.29, 0.717) is 0 Å². The normalized spacial score (nSPS) is 24.0. The van der Waals surface area contributed by atoms with Gasteiger partial charge >= 0.3 is 12.4 Å². The number of hydrogen-bond acceptors (Lipinski definition) is 5. The molecule has 0 radical (unpaired) electrons. The van der Waals surface area contributed by atoms with Crippen LogP contribution in [-0.4, -0.2) is 49.4 Å². The number of alkyl halides is 6. The van der Waals surface area contributed by atoms with E-state index in [0.717, 1.165) is 6.07 Å². The largest absolute Gasteiger partial charge is 0.393 e. The SMILES string of the molecule is CNc1cc(N2CCC(C(F)(F)F)C2)c(C(=O)NC2CCC(C(F)(F)F)CC2)cc1[N+](=O)[O-]. The molecule has 1 atom stereocenters. The van der Waals surface area contributed by atoms with Crippen molar-refractivity contribution in [3.8, 4) is 0 Å². The molecule has 1 unspecified atom stereocenters. The Kier molecular flexibility index (Phi) is 6.99. The molecule has 2 N–H and O–H groups in total. The van der Waals surface area contributed by atoms with Crippen LogP contribution >= 0.6 is 0 Å². The first-order valence-corrected chi connectivity index (χ1v) is 10.5. The molecule has 7 nitrogen and oxygen atoms in total. The standard InChI is InChI=1S/C20H24F6N4O3/c1-27-15-9-16(29-7-6-12(10-29)20(24,25)26)14(8-17(15)30(32)33)18(31)28-13-4-2-11(3-5-13)19(21,22)23/h8-9,11-13,27H,2-7,10H2,1H3,(H,28,31). The van der Waals surface area contributed by atoms with Crippen molar-refractivity contribution in [2.45, 2.75) is 50.5 Å². The summed E-state index contributed by atoms with van der Waals surface area (Å²) in [7, 11) is 1.41. The summed E-state index contributed by atoms with van der Waals surface area (Å²) in [6.07, 6.45) is -9.04. The Balaban J connectivity index is 1.86. The highest BCUT2D eigenvalue weighted by Crippen LogP contribution is 2.40. The van der Waals surface area contributed by atoms with Crippen LogP contribution in [0, 0.1) is 22.0 Å². The number of nitro groups is 1. The molecule has 1 amide bonds. The van der Waals surface area contributed by atoms with Crippen LogP contribution in [-0.2, 0) is 0 Å². The molecule has 0 aromatic heterocycles. The lowest BCUT2D eigenvalue weighted by molar-refractivity contribution is -0.384. The van der Waals surface area contributed by atoms with Gasteiger partial charge in [0.2, 0.25) is 0 Å². The lowest BCUT2D eigenvalue weighted by atomic mass is 9.85. The molecule has 1 aliphatic carbocycles. The van der Waals surface area contributed by atoms with Crippen LogP contribution in [0.15, 0.2) is 12.1 Å². The first-order valence-electron chi connectivity index (χ1n) is 10.5. The lowest BCUT2D eigenvalue weighted by Gasteiger charge is -2.31. The molecule has 1 aromatic rings. The quantitative estimate of drug-likeness (QED) is 0.355. The lowest BCUT2D eigenvalue weighted by Crippen LogP contribution is -2.40. The van der Waals surface area contributed by atoms with E-state index in [4.69, 9.17) is 0 Å². The number of carbonyl (C=O) groups is 1. The first-order chi connectivity index (χ1) is 15.3. The number of nitro benzene ring substituents is 1. The summed E-state index contributed by atoms with van der Waals surface area (Å²) < 4.78 is 78.1. The van der Waals surface area contributed by atoms with Crippen molar-refractivity contribution in [2.75, 3.05) is 30.4 Å². The summed E-state index contributed by atoms with van der Waals surface area (Å²) in [6, 6.07) is 1.71. The minimum atomic E-state index is -4.42. The molecule has 1 saturated carbocycles. The van der Waals surface area contributed by atoms with E-state index in [-0.39, 0.29) is 55.6 Å². The zero-order valence-corrected chi connectivity index (χ0v) is 17.7. The fourth-order valence-corrected chi connectivity index (χ4v) is 4.45. The second kappa shape index (κ2) is 9.26. The van der Waals surface area contributed by atoms with Gasteiger partial charge in [0.25, 0.3) is 11.6 Å². The van der Waals surface area contributed by atoms with Crippen LogP contribution in [0.5, 0.6) is 0 Å². The van der Waals surface area contributed by atoms with Gasteiger partial charge in [-0.25, -0.2) is 0 Å². The molecule has 2 aliphatic rings. The first kappa shape index (κ1) is 24.9. The van der Waals surface area contributed by atoms with Crippen molar-refractivity contribution in [1.29, 1.82) is 0 Å². The maximum Gasteiger partial charge on any atom is 0.393 e. The van der Waals surface area contributed by atoms with Gasteiger partial charge in [0.05, 0.1) is 28.0 Å². The van der Waals surface area contributed by atoms with E-state index in [1.54, 1.807) is 0 Å². The van der Waals surface area contributed by atoms with E-state index in [1.165, 1.54) is 18.0 Å². The zero-order chi connectivity index (χ0) is 24.6. The van der Waals surface area contributed by atoms with Gasteiger partial charge in [-0.15, -0.1) is 0 Å². The maximum absolute atomic E-state index is 13.2. The van der Waals surface area contributed by atoms with Crippen molar-refractivity contribution in [3.05, 3.63) is 27.8 Å². The van der Waals surface area contributed by atoms with Crippen LogP contribution in [0.4, 0.5) is 43.4 Å². The van der Waals surface area contributed by atoms with E-state index in [1.807, 2.05) is 0 Å². The summed E-state index contributed by atoms with van der Waals surface area (Å²) >= 11 is 0. The molecule has 1 heterocycles. The van der Waals surface area contributed by atoms with Crippen molar-refractivity contribution in [1.82, 2.24) is 5.32 Å². The number of carbonyl (C=O) groups excluding carboxylic acids is 1. The Morgan fingerprint density at radius 1 is 1.03 bits per heavy atom. The van der Waals surface area contributed by atoms with Crippen molar-refractivity contribution < 1.29 is 36.1 Å². The van der Waals surface area contributed by atoms with Gasteiger partial charge in [0, 0.05) is 32.2 Å². The summed E-state index contributed by atoms with van der Waals surface area (Å²) in [4.78, 5) is 25.1. The zero-order valence-electron chi connectivity index (χ0n) is 17.7. The number of nitrogens with one attached hydrogen (secondary N) is 2. The maximum atomic E-state index is 13.2. The Bertz CT molecular complexity index is 897. The third-order valence-electron chi connectivity index (χ3n) is 6.34. The number of anilines is 2. The molecule has 0 bridgehead atoms. The topological polar surface area (TPSA) is 87.5 Å². The number of nitrogens with zero attached hydrogens (tertiary/aromatic N) is 2. The molecule has 13 heteroatoms. The fourth-order valence-electron chi connectivity index (χ4n) is 4.45. The van der Waals surface area contributed by atoms with Gasteiger partial charge < -0.3 is 15.5 Å². The number of amides is 1. The molecule has 1 aliphatic heterocycles. The van der Waals surface area contributed by atoms with E-state index in [9.17, 15) is 41.3 Å². The summed E-state index contributed by atoms with van der Waals surface area (Å²) in [5.74, 6) is -3.80. The van der Waals surface area contributed by atoms with Crippen LogP contribution < -0.4 is 15.5 Å². The van der Waals surface area contributed by atoms with Crippen LogP contribution in [0.3, 0.4) is 0 Å². The predicted molar refractivity (Wildman–Crippen MR) is 108 cm³/mol. The Morgan fingerprint density at radius 3 is 2.12 bits per heavy atom. The van der Waals surface area contributed by atoms with Gasteiger partial charge in [-0.3, -0.25) is 14.9 Å². The average molecular weight is 482 g/mol. The van der Waals surface area contributed by atoms with E-state index < -0.39 is 53.3 Å². The van der Waals surface area contributed by atoms with Crippen molar-refractivity contribution in [3.63, 3.8) is 0 Å². The fraction of sp³-hybridized carbons (Fsp3) is 0.650. The molecule has 0 spiro atoms. The molecular formula is C20H24F6N4O3. The monoisotopic (exact) mass is 482 g/mol. The Morgan fingerprint density at radius 2 is 1.64 bits per heavy atom. The minimum absolute atomic E-state index is 0.00210. The highest BCUT2D eigenvalue weighted by atomic mass is 19.4. The van der Waals surface area contributed by atoms with Crippen molar-refractivity contribution >= 4 is 23.0 Å². The Labute approximate surface area is 185 Å². The predicted octanol–water partition coefficient (Wildman–Crippen LogP) is 4.88. The van der Waals surface area contributed by atoms with Gasteiger partial charge in [-0.05, 0) is 38.2 Å². The van der Waals surface area contributed by atoms with Crippen LogP contribution in [0.2, 0.25) is 0 Å². The molecule has 184 valence electrons. The highest BCUT2D eigenvalue weighted by Gasteiger charge is 2.45. The number of benzene rings is 1. The van der Waals surface area contributed by atoms with Gasteiger partial charge in [-0.2, -0.15) is 26.3 Å². The summed E-state index contributed by atoms with van der Waals surface area (Å²) in [5, 5.41) is 16.7. The van der Waals surface area contributed by atoms with Crippen LogP contribution in [0.1, 0.15) is 42.5 Å². The third kappa shape index (κ3) is 5.61. The second-order valence-corrected chi connectivity index (χ2v) is 8.43. The molecule has 3 rings (SSSR count). The molecule has 2 fully saturated rings. The molecule has 1 saturated heterocycles. The number of rotatable bonds is 5. The van der Waals surface area contributed by atoms with E-state index >= 15 is 0 Å². The van der Waals surface area contributed by atoms with E-state index in [2.05, 4.69) is 10.6 Å². The smallest absolute Gasteiger partial charge is 0.383 e. The second-order valence-electron chi connectivity index (χ2n) is 8.43. The van der Waals surface area contributed by atoms with Gasteiger partial charge in [-0.1, -0.05) is 0 Å². The summed E-state index contributed by atoms with van der Waals surface area (Å²) in [5.41, 5.74) is -0.467. The number of hydrogen-bond donors (Lipinski definition) is 2.